The molecule has 2 aromatic rings. The topological polar surface area (TPSA) is 33.2 Å². The van der Waals surface area contributed by atoms with Gasteiger partial charge in [0.1, 0.15) is 0 Å². The molecular formula is C14H17BrN2OS2. The molecule has 108 valence electrons. The normalized spacial score (nSPS) is 12.4. The van der Waals surface area contributed by atoms with E-state index in [1.54, 1.807) is 11.3 Å². The molecule has 0 aliphatic rings. The highest BCUT2D eigenvalue weighted by molar-refractivity contribution is 9.10. The molecule has 3 nitrogen and oxygen atoms in total. The number of rotatable bonds is 6. The van der Waals surface area contributed by atoms with Crippen LogP contribution >= 0.6 is 38.6 Å². The number of thiazole rings is 1. The largest absolute Gasteiger partial charge is 0.346 e. The number of anilines is 1. The van der Waals surface area contributed by atoms with Crippen LogP contribution < -0.4 is 4.90 Å². The van der Waals surface area contributed by atoms with Crippen LogP contribution in [0, 0.1) is 0 Å². The Morgan fingerprint density at radius 2 is 2.30 bits per heavy atom. The van der Waals surface area contributed by atoms with Crippen LogP contribution in [0.15, 0.2) is 15.9 Å². The van der Waals surface area contributed by atoms with E-state index in [4.69, 9.17) is 0 Å². The van der Waals surface area contributed by atoms with Crippen molar-refractivity contribution in [3.8, 4) is 0 Å². The van der Waals surface area contributed by atoms with E-state index in [-0.39, 0.29) is 0 Å². The molecule has 1 unspecified atom stereocenters. The summed E-state index contributed by atoms with van der Waals surface area (Å²) < 4.78 is 1.11. The van der Waals surface area contributed by atoms with Crippen molar-refractivity contribution in [1.82, 2.24) is 4.98 Å². The van der Waals surface area contributed by atoms with E-state index in [0.717, 1.165) is 39.4 Å². The van der Waals surface area contributed by atoms with Gasteiger partial charge in [0, 0.05) is 21.8 Å². The minimum absolute atomic E-state index is 0.324. The molecule has 1 atom stereocenters. The van der Waals surface area contributed by atoms with E-state index < -0.39 is 0 Å². The van der Waals surface area contributed by atoms with Crippen molar-refractivity contribution in [3.05, 3.63) is 31.4 Å². The summed E-state index contributed by atoms with van der Waals surface area (Å²) >= 11 is 6.66. The number of carbonyl (C=O) groups excluding carboxylic acids is 1. The minimum atomic E-state index is 0.324. The van der Waals surface area contributed by atoms with Crippen LogP contribution in [0.4, 0.5) is 5.13 Å². The van der Waals surface area contributed by atoms with Gasteiger partial charge in [0.15, 0.2) is 11.4 Å². The van der Waals surface area contributed by atoms with Crippen LogP contribution in [0.3, 0.4) is 0 Å². The summed E-state index contributed by atoms with van der Waals surface area (Å²) in [5.41, 5.74) is 0.932. The molecule has 0 saturated heterocycles. The number of aldehydes is 1. The van der Waals surface area contributed by atoms with Crippen molar-refractivity contribution in [2.24, 2.45) is 0 Å². The van der Waals surface area contributed by atoms with E-state index in [0.29, 0.717) is 5.92 Å². The van der Waals surface area contributed by atoms with Crippen LogP contribution in [0.25, 0.3) is 0 Å². The van der Waals surface area contributed by atoms with E-state index in [1.807, 2.05) is 7.05 Å². The second kappa shape index (κ2) is 6.83. The Balaban J connectivity index is 2.19. The third kappa shape index (κ3) is 3.48. The van der Waals surface area contributed by atoms with E-state index in [9.17, 15) is 4.79 Å². The molecule has 0 aliphatic carbocycles. The van der Waals surface area contributed by atoms with Gasteiger partial charge in [-0.25, -0.2) is 4.98 Å². The molecule has 20 heavy (non-hydrogen) atoms. The standard InChI is InChI=1S/C14H17BrN2OS2/c1-4-9(2)13-12(7-18)20-14(16-13)17(3)6-11-5-10(15)8-19-11/h5,7-9H,4,6H2,1-3H3. The van der Waals surface area contributed by atoms with Gasteiger partial charge in [-0.05, 0) is 34.3 Å². The quantitative estimate of drug-likeness (QED) is 0.673. The Morgan fingerprint density at radius 3 is 2.85 bits per heavy atom. The SMILES string of the molecule is CCC(C)c1nc(N(C)Cc2cc(Br)cs2)sc1C=O. The zero-order valence-electron chi connectivity index (χ0n) is 11.7. The summed E-state index contributed by atoms with van der Waals surface area (Å²) in [5, 5.41) is 2.99. The van der Waals surface area contributed by atoms with Gasteiger partial charge in [0.25, 0.3) is 0 Å². The van der Waals surface area contributed by atoms with Gasteiger partial charge < -0.3 is 4.90 Å². The predicted octanol–water partition coefficient (Wildman–Crippen LogP) is 4.93. The van der Waals surface area contributed by atoms with Crippen LogP contribution in [-0.2, 0) is 6.54 Å². The molecule has 2 rings (SSSR count). The average Bonchev–Trinajstić information content (AvgIpc) is 3.04. The van der Waals surface area contributed by atoms with Crippen molar-refractivity contribution >= 4 is 50.0 Å². The molecule has 0 fully saturated rings. The zero-order valence-corrected chi connectivity index (χ0v) is 14.9. The lowest BCUT2D eigenvalue weighted by atomic mass is 10.0. The molecule has 0 spiro atoms. The summed E-state index contributed by atoms with van der Waals surface area (Å²) in [6.07, 6.45) is 1.92. The molecule has 0 aliphatic heterocycles. The van der Waals surface area contributed by atoms with Gasteiger partial charge in [0.2, 0.25) is 0 Å². The summed E-state index contributed by atoms with van der Waals surface area (Å²) in [5.74, 6) is 0.324. The molecule has 2 aromatic heterocycles. The van der Waals surface area contributed by atoms with E-state index in [2.05, 4.69) is 51.1 Å². The fourth-order valence-electron chi connectivity index (χ4n) is 1.86. The lowest BCUT2D eigenvalue weighted by Crippen LogP contribution is -2.15. The molecule has 0 N–H and O–H groups in total. The fourth-order valence-corrected chi connectivity index (χ4v) is 4.33. The Morgan fingerprint density at radius 1 is 1.55 bits per heavy atom. The number of thiophene rings is 1. The first-order valence-electron chi connectivity index (χ1n) is 6.45. The number of halogens is 1. The monoisotopic (exact) mass is 372 g/mol. The molecule has 6 heteroatoms. The number of carbonyl (C=O) groups is 1. The molecule has 2 heterocycles. The average molecular weight is 373 g/mol. The van der Waals surface area contributed by atoms with Gasteiger partial charge >= 0.3 is 0 Å². The Labute approximate surface area is 135 Å². The van der Waals surface area contributed by atoms with Gasteiger partial charge in [-0.3, -0.25) is 4.79 Å². The summed E-state index contributed by atoms with van der Waals surface area (Å²) in [4.78, 5) is 20.0. The smallest absolute Gasteiger partial charge is 0.186 e. The first-order chi connectivity index (χ1) is 9.55. The Bertz CT molecular complexity index is 594. The number of hydrogen-bond acceptors (Lipinski definition) is 5. The maximum Gasteiger partial charge on any atom is 0.186 e. The third-order valence-electron chi connectivity index (χ3n) is 3.20. The van der Waals surface area contributed by atoms with Gasteiger partial charge in [-0.1, -0.05) is 25.2 Å². The van der Waals surface area contributed by atoms with Crippen LogP contribution in [-0.4, -0.2) is 18.3 Å². The molecule has 0 amide bonds. The van der Waals surface area contributed by atoms with Crippen molar-refractivity contribution in [2.75, 3.05) is 11.9 Å². The van der Waals surface area contributed by atoms with Crippen LogP contribution in [0.2, 0.25) is 0 Å². The summed E-state index contributed by atoms with van der Waals surface area (Å²) in [7, 11) is 2.02. The molecule has 0 aromatic carbocycles. The number of nitrogens with zero attached hydrogens (tertiary/aromatic N) is 2. The maximum atomic E-state index is 11.2. The number of hydrogen-bond donors (Lipinski definition) is 0. The Kier molecular flexibility index (Phi) is 5.35. The third-order valence-corrected chi connectivity index (χ3v) is 5.99. The highest BCUT2D eigenvalue weighted by Crippen LogP contribution is 2.32. The van der Waals surface area contributed by atoms with Gasteiger partial charge in [-0.15, -0.1) is 11.3 Å². The van der Waals surface area contributed by atoms with Crippen molar-refractivity contribution in [1.29, 1.82) is 0 Å². The molecule has 0 saturated carbocycles. The highest BCUT2D eigenvalue weighted by atomic mass is 79.9. The number of aromatic nitrogens is 1. The van der Waals surface area contributed by atoms with E-state index in [1.165, 1.54) is 16.2 Å². The lowest BCUT2D eigenvalue weighted by Gasteiger charge is -2.14. The fraction of sp³-hybridized carbons (Fsp3) is 0.429. The van der Waals surface area contributed by atoms with Crippen molar-refractivity contribution in [2.45, 2.75) is 32.7 Å². The predicted molar refractivity (Wildman–Crippen MR) is 90.3 cm³/mol. The highest BCUT2D eigenvalue weighted by Gasteiger charge is 2.18. The van der Waals surface area contributed by atoms with Gasteiger partial charge in [-0.2, -0.15) is 0 Å². The molecular weight excluding hydrogens is 356 g/mol. The van der Waals surface area contributed by atoms with Crippen LogP contribution in [0.5, 0.6) is 0 Å². The zero-order chi connectivity index (χ0) is 14.7. The second-order valence-corrected chi connectivity index (χ2v) is 7.68. The summed E-state index contributed by atoms with van der Waals surface area (Å²) in [6, 6.07) is 2.12. The van der Waals surface area contributed by atoms with Crippen molar-refractivity contribution < 1.29 is 4.79 Å². The van der Waals surface area contributed by atoms with Gasteiger partial charge in [0.05, 0.1) is 17.1 Å². The minimum Gasteiger partial charge on any atom is -0.346 e. The summed E-state index contributed by atoms with van der Waals surface area (Å²) in [6.45, 7) is 5.04. The first-order valence-corrected chi connectivity index (χ1v) is 8.94. The Hall–Kier alpha value is -0.720. The maximum absolute atomic E-state index is 11.2. The van der Waals surface area contributed by atoms with E-state index >= 15 is 0 Å². The van der Waals surface area contributed by atoms with Crippen molar-refractivity contribution in [3.63, 3.8) is 0 Å². The molecule has 0 radical (unpaired) electrons. The lowest BCUT2D eigenvalue weighted by molar-refractivity contribution is 0.112. The second-order valence-electron chi connectivity index (χ2n) is 4.76. The van der Waals surface area contributed by atoms with Crippen LogP contribution in [0.1, 0.15) is 46.4 Å². The molecule has 0 bridgehead atoms. The first kappa shape index (κ1) is 15.7.